The molecule has 1 heterocycles. The molecular formula is C20H17BrN2OS2. The highest BCUT2D eigenvalue weighted by Crippen LogP contribution is 2.37. The zero-order valence-electron chi connectivity index (χ0n) is 14.2. The van der Waals surface area contributed by atoms with Gasteiger partial charge in [-0.3, -0.25) is 4.79 Å². The van der Waals surface area contributed by atoms with Gasteiger partial charge in [-0.25, -0.2) is 0 Å². The lowest BCUT2D eigenvalue weighted by molar-refractivity contribution is -0.120. The summed E-state index contributed by atoms with van der Waals surface area (Å²) in [4.78, 5) is 13.4. The van der Waals surface area contributed by atoms with E-state index < -0.39 is 0 Å². The number of carbonyl (C=O) groups is 1. The topological polar surface area (TPSA) is 52.9 Å². The van der Waals surface area contributed by atoms with Crippen molar-refractivity contribution in [3.8, 4) is 6.07 Å². The molecule has 1 amide bonds. The molecule has 0 fully saturated rings. The van der Waals surface area contributed by atoms with E-state index in [1.54, 1.807) is 11.8 Å². The van der Waals surface area contributed by atoms with Crippen LogP contribution in [0.5, 0.6) is 0 Å². The second kappa shape index (κ2) is 8.81. The molecule has 26 heavy (non-hydrogen) atoms. The Morgan fingerprint density at radius 2 is 1.88 bits per heavy atom. The number of nitrogens with zero attached hydrogens (tertiary/aromatic N) is 1. The van der Waals surface area contributed by atoms with Gasteiger partial charge >= 0.3 is 0 Å². The highest BCUT2D eigenvalue weighted by molar-refractivity contribution is 9.10. The molecular weight excluding hydrogens is 428 g/mol. The van der Waals surface area contributed by atoms with Crippen molar-refractivity contribution < 1.29 is 4.79 Å². The van der Waals surface area contributed by atoms with E-state index >= 15 is 0 Å². The van der Waals surface area contributed by atoms with Gasteiger partial charge in [0.25, 0.3) is 0 Å². The number of nitriles is 1. The summed E-state index contributed by atoms with van der Waals surface area (Å²) in [7, 11) is 0. The molecule has 132 valence electrons. The van der Waals surface area contributed by atoms with E-state index in [1.807, 2.05) is 54.8 Å². The van der Waals surface area contributed by atoms with Gasteiger partial charge in [-0.1, -0.05) is 40.2 Å². The summed E-state index contributed by atoms with van der Waals surface area (Å²) in [5.41, 5.74) is 2.79. The zero-order valence-corrected chi connectivity index (χ0v) is 17.4. The molecule has 2 aromatic rings. The molecule has 0 saturated heterocycles. The van der Waals surface area contributed by atoms with Gasteiger partial charge in [-0.05, 0) is 41.6 Å². The minimum absolute atomic E-state index is 0.0405. The van der Waals surface area contributed by atoms with Crippen LogP contribution in [0.15, 0.2) is 68.5 Å². The summed E-state index contributed by atoms with van der Waals surface area (Å²) in [5, 5.41) is 13.3. The predicted molar refractivity (Wildman–Crippen MR) is 112 cm³/mol. The number of hydrogen-bond donors (Lipinski definition) is 1. The van der Waals surface area contributed by atoms with Crippen molar-refractivity contribution in [3.63, 3.8) is 0 Å². The molecule has 1 N–H and O–H groups in total. The molecule has 1 atom stereocenters. The first-order valence-corrected chi connectivity index (χ1v) is 11.1. The van der Waals surface area contributed by atoms with Crippen LogP contribution in [-0.4, -0.2) is 12.2 Å². The number of carbonyl (C=O) groups excluding carboxylic acids is 1. The predicted octanol–water partition coefficient (Wildman–Crippen LogP) is 5.44. The van der Waals surface area contributed by atoms with E-state index in [0.717, 1.165) is 15.6 Å². The number of allylic oxidation sites excluding steroid dienone is 1. The largest absolute Gasteiger partial charge is 0.320 e. The van der Waals surface area contributed by atoms with Crippen LogP contribution in [0.25, 0.3) is 0 Å². The summed E-state index contributed by atoms with van der Waals surface area (Å²) < 4.78 is 1.03. The first-order valence-electron chi connectivity index (χ1n) is 8.06. The van der Waals surface area contributed by atoms with Crippen LogP contribution < -0.4 is 5.32 Å². The normalized spacial score (nSPS) is 17.0. The third-order valence-corrected chi connectivity index (χ3v) is 6.53. The Bertz CT molecular complexity index is 870. The van der Waals surface area contributed by atoms with Crippen LogP contribution in [0.4, 0.5) is 0 Å². The lowest BCUT2D eigenvalue weighted by Gasteiger charge is -2.25. The van der Waals surface area contributed by atoms with Gasteiger partial charge in [0.1, 0.15) is 0 Å². The highest BCUT2D eigenvalue weighted by atomic mass is 79.9. The molecule has 0 aliphatic carbocycles. The third kappa shape index (κ3) is 4.53. The van der Waals surface area contributed by atoms with Crippen LogP contribution in [-0.2, 0) is 10.5 Å². The van der Waals surface area contributed by atoms with E-state index in [4.69, 9.17) is 0 Å². The second-order valence-electron chi connectivity index (χ2n) is 5.85. The van der Waals surface area contributed by atoms with Crippen LogP contribution >= 0.6 is 39.5 Å². The van der Waals surface area contributed by atoms with Crippen molar-refractivity contribution in [2.45, 2.75) is 23.0 Å². The molecule has 3 nitrogen and oxygen atoms in total. The SMILES string of the molecule is CSc1ccc([C@H]2CC(=O)NC(SCc3ccc(Br)cc3)=C2C#N)cc1. The number of nitrogens with one attached hydrogen (secondary N) is 1. The summed E-state index contributed by atoms with van der Waals surface area (Å²) in [5.74, 6) is 0.477. The Labute approximate surface area is 170 Å². The summed E-state index contributed by atoms with van der Waals surface area (Å²) in [6, 6.07) is 18.5. The van der Waals surface area contributed by atoms with Gasteiger partial charge in [-0.2, -0.15) is 5.26 Å². The maximum absolute atomic E-state index is 12.2. The van der Waals surface area contributed by atoms with Gasteiger partial charge in [0.05, 0.1) is 16.7 Å². The van der Waals surface area contributed by atoms with Crippen molar-refractivity contribution in [3.05, 3.63) is 74.7 Å². The third-order valence-electron chi connectivity index (χ3n) is 4.17. The Hall–Kier alpha value is -1.68. The fourth-order valence-electron chi connectivity index (χ4n) is 2.79. The van der Waals surface area contributed by atoms with Crippen molar-refractivity contribution >= 4 is 45.4 Å². The van der Waals surface area contributed by atoms with Gasteiger partial charge < -0.3 is 5.32 Å². The van der Waals surface area contributed by atoms with Crippen LogP contribution in [0.1, 0.15) is 23.5 Å². The molecule has 6 heteroatoms. The number of amides is 1. The molecule has 0 radical (unpaired) electrons. The summed E-state index contributed by atoms with van der Waals surface area (Å²) >= 11 is 6.61. The first kappa shape index (κ1) is 19.1. The number of benzene rings is 2. The molecule has 2 aromatic carbocycles. The number of halogens is 1. The monoisotopic (exact) mass is 444 g/mol. The smallest absolute Gasteiger partial charge is 0.225 e. The van der Waals surface area contributed by atoms with Crippen LogP contribution in [0.3, 0.4) is 0 Å². The molecule has 3 rings (SSSR count). The fourth-order valence-corrected chi connectivity index (χ4v) is 4.50. The lowest BCUT2D eigenvalue weighted by Crippen LogP contribution is -2.30. The molecule has 0 spiro atoms. The van der Waals surface area contributed by atoms with Crippen LogP contribution in [0.2, 0.25) is 0 Å². The first-order chi connectivity index (χ1) is 12.6. The van der Waals surface area contributed by atoms with Crippen LogP contribution in [0, 0.1) is 11.3 Å². The van der Waals surface area contributed by atoms with Crippen molar-refractivity contribution in [1.29, 1.82) is 5.26 Å². The summed E-state index contributed by atoms with van der Waals surface area (Å²) in [6.07, 6.45) is 2.34. The lowest BCUT2D eigenvalue weighted by atomic mass is 9.87. The Morgan fingerprint density at radius 3 is 2.50 bits per heavy atom. The fraction of sp³-hybridized carbons (Fsp3) is 0.200. The van der Waals surface area contributed by atoms with E-state index in [-0.39, 0.29) is 11.8 Å². The van der Waals surface area contributed by atoms with Gasteiger partial charge in [-0.15, -0.1) is 23.5 Å². The highest BCUT2D eigenvalue weighted by Gasteiger charge is 2.29. The maximum atomic E-state index is 12.2. The van der Waals surface area contributed by atoms with Crippen molar-refractivity contribution in [2.75, 3.05) is 6.26 Å². The minimum Gasteiger partial charge on any atom is -0.320 e. The molecule has 1 aliphatic rings. The average molecular weight is 445 g/mol. The average Bonchev–Trinajstić information content (AvgIpc) is 2.67. The Kier molecular flexibility index (Phi) is 6.47. The maximum Gasteiger partial charge on any atom is 0.225 e. The number of hydrogen-bond acceptors (Lipinski definition) is 4. The van der Waals surface area contributed by atoms with E-state index in [2.05, 4.69) is 27.3 Å². The van der Waals surface area contributed by atoms with E-state index in [1.165, 1.54) is 16.7 Å². The molecule has 0 bridgehead atoms. The molecule has 0 saturated carbocycles. The number of rotatable bonds is 5. The zero-order chi connectivity index (χ0) is 18.5. The summed E-state index contributed by atoms with van der Waals surface area (Å²) in [6.45, 7) is 0. The van der Waals surface area contributed by atoms with Gasteiger partial charge in [0.15, 0.2) is 0 Å². The quantitative estimate of drug-likeness (QED) is 0.623. The molecule has 1 aliphatic heterocycles. The standard InChI is InChI=1S/C20H17BrN2OS2/c1-25-16-8-4-14(5-9-16)17-10-19(24)23-20(18(17)11-22)26-12-13-2-6-15(21)7-3-13/h2-9,17H,10,12H2,1H3,(H,23,24)/t17-/m1/s1. The molecule has 0 aromatic heterocycles. The molecule has 0 unspecified atom stereocenters. The van der Waals surface area contributed by atoms with Crippen molar-refractivity contribution in [2.24, 2.45) is 0 Å². The number of thioether (sulfide) groups is 2. The van der Waals surface area contributed by atoms with E-state index in [9.17, 15) is 10.1 Å². The second-order valence-corrected chi connectivity index (χ2v) is 8.63. The van der Waals surface area contributed by atoms with Crippen molar-refractivity contribution in [1.82, 2.24) is 5.32 Å². The van der Waals surface area contributed by atoms with Gasteiger partial charge in [0, 0.05) is 27.5 Å². The van der Waals surface area contributed by atoms with E-state index in [0.29, 0.717) is 22.8 Å². The van der Waals surface area contributed by atoms with Gasteiger partial charge in [0.2, 0.25) is 5.91 Å². The Morgan fingerprint density at radius 1 is 1.19 bits per heavy atom. The minimum atomic E-state index is -0.183. The Balaban J connectivity index is 1.85.